The Kier molecular flexibility index (Phi) is 7.50. The zero-order valence-corrected chi connectivity index (χ0v) is 18.4. The molecule has 4 atom stereocenters. The lowest BCUT2D eigenvalue weighted by Crippen LogP contribution is -2.18. The number of rotatable bonds is 7. The van der Waals surface area contributed by atoms with Crippen LogP contribution in [0.3, 0.4) is 0 Å². The average Bonchev–Trinajstić information content (AvgIpc) is 3.05. The molecule has 1 saturated carbocycles. The van der Waals surface area contributed by atoms with E-state index in [9.17, 15) is 18.0 Å². The summed E-state index contributed by atoms with van der Waals surface area (Å²) in [6.45, 7) is 6.82. The first-order valence-electron chi connectivity index (χ1n) is 10.5. The fourth-order valence-corrected chi connectivity index (χ4v) is 5.59. The third-order valence-corrected chi connectivity index (χ3v) is 7.68. The van der Waals surface area contributed by atoms with Gasteiger partial charge in [0.05, 0.1) is 0 Å². The van der Waals surface area contributed by atoms with Gasteiger partial charge in [0, 0.05) is 33.5 Å². The number of hydrogen-bond acceptors (Lipinski definition) is 2. The van der Waals surface area contributed by atoms with Gasteiger partial charge in [-0.1, -0.05) is 33.3 Å². The summed E-state index contributed by atoms with van der Waals surface area (Å²) in [7, 11) is 0. The molecule has 2 aromatic carbocycles. The molecule has 0 saturated heterocycles. The van der Waals surface area contributed by atoms with Crippen LogP contribution >= 0.6 is 11.8 Å². The summed E-state index contributed by atoms with van der Waals surface area (Å²) in [6, 6.07) is 8.81. The molecule has 0 radical (unpaired) electrons. The number of benzene rings is 2. The predicted octanol–water partition coefficient (Wildman–Crippen LogP) is 7.30. The number of nitrogens with one attached hydrogen (secondary N) is 1. The fourth-order valence-electron chi connectivity index (χ4n) is 4.12. The molecule has 1 fully saturated rings. The summed E-state index contributed by atoms with van der Waals surface area (Å²) in [5.74, 6) is -2.72. The van der Waals surface area contributed by atoms with E-state index >= 15 is 0 Å². The quantitative estimate of drug-likeness (QED) is 0.462. The van der Waals surface area contributed by atoms with Gasteiger partial charge in [-0.05, 0) is 55.2 Å². The second-order valence-corrected chi connectivity index (χ2v) is 9.63. The van der Waals surface area contributed by atoms with Crippen LogP contribution in [0.25, 0.3) is 0 Å². The van der Waals surface area contributed by atoms with E-state index in [1.165, 1.54) is 25.7 Å². The van der Waals surface area contributed by atoms with Gasteiger partial charge >= 0.3 is 0 Å². The van der Waals surface area contributed by atoms with Crippen LogP contribution in [0, 0.1) is 35.2 Å². The Morgan fingerprint density at radius 2 is 1.87 bits per heavy atom. The molecule has 6 heteroatoms. The Hall–Kier alpha value is -1.95. The predicted molar refractivity (Wildman–Crippen MR) is 116 cm³/mol. The van der Waals surface area contributed by atoms with Gasteiger partial charge in [0.15, 0.2) is 17.5 Å². The van der Waals surface area contributed by atoms with Crippen LogP contribution in [-0.4, -0.2) is 11.2 Å². The van der Waals surface area contributed by atoms with Gasteiger partial charge in [-0.25, -0.2) is 13.2 Å². The molecule has 0 spiro atoms. The Balaban J connectivity index is 1.71. The zero-order valence-electron chi connectivity index (χ0n) is 17.6. The molecule has 3 rings (SSSR count). The number of halogens is 3. The van der Waals surface area contributed by atoms with Crippen molar-refractivity contribution in [1.82, 2.24) is 0 Å². The Morgan fingerprint density at radius 3 is 2.53 bits per heavy atom. The molecule has 0 aliphatic heterocycles. The minimum Gasteiger partial charge on any atom is -0.322 e. The van der Waals surface area contributed by atoms with Crippen molar-refractivity contribution in [3.05, 3.63) is 59.4 Å². The van der Waals surface area contributed by atoms with Crippen LogP contribution < -0.4 is 5.32 Å². The standard InChI is InChI=1S/C24H28F3NOS/c1-4-14(2)10-16-9-8-15(3)23(16)30-19-7-5-6-17(11-19)24(29)28-18-12-20(25)22(27)21(26)13-18/h5-7,11-16,23H,4,8-10H2,1-3H3,(H,28,29). The van der Waals surface area contributed by atoms with Gasteiger partial charge in [0.1, 0.15) is 0 Å². The SMILES string of the molecule is CCC(C)CC1CCC(C)C1Sc1cccc(C(=O)Nc2cc(F)c(F)c(F)c2)c1. The van der Waals surface area contributed by atoms with Crippen LogP contribution in [0.4, 0.5) is 18.9 Å². The van der Waals surface area contributed by atoms with E-state index in [1.54, 1.807) is 6.07 Å². The van der Waals surface area contributed by atoms with Gasteiger partial charge in [-0.2, -0.15) is 0 Å². The van der Waals surface area contributed by atoms with E-state index in [-0.39, 0.29) is 5.69 Å². The smallest absolute Gasteiger partial charge is 0.255 e. The Labute approximate surface area is 180 Å². The summed E-state index contributed by atoms with van der Waals surface area (Å²) >= 11 is 1.82. The van der Waals surface area contributed by atoms with Crippen molar-refractivity contribution >= 4 is 23.4 Å². The lowest BCUT2D eigenvalue weighted by molar-refractivity contribution is 0.102. The molecule has 162 valence electrons. The second-order valence-electron chi connectivity index (χ2n) is 8.38. The van der Waals surface area contributed by atoms with Crippen LogP contribution in [0.2, 0.25) is 0 Å². The summed E-state index contributed by atoms with van der Waals surface area (Å²) < 4.78 is 39.9. The maximum absolute atomic E-state index is 13.4. The lowest BCUT2D eigenvalue weighted by atomic mass is 9.92. The molecule has 1 N–H and O–H groups in total. The molecule has 2 nitrogen and oxygen atoms in total. The normalized spacial score (nSPS) is 22.1. The number of amides is 1. The molecular formula is C24H28F3NOS. The van der Waals surface area contributed by atoms with Crippen molar-refractivity contribution in [2.75, 3.05) is 5.32 Å². The average molecular weight is 436 g/mol. The van der Waals surface area contributed by atoms with E-state index in [0.29, 0.717) is 28.6 Å². The fraction of sp³-hybridized carbons (Fsp3) is 0.458. The van der Waals surface area contributed by atoms with Crippen molar-refractivity contribution < 1.29 is 18.0 Å². The first-order chi connectivity index (χ1) is 14.3. The molecule has 1 aliphatic rings. The topological polar surface area (TPSA) is 29.1 Å². The minimum atomic E-state index is -1.55. The number of anilines is 1. The molecule has 2 aromatic rings. The zero-order chi connectivity index (χ0) is 21.8. The summed E-state index contributed by atoms with van der Waals surface area (Å²) in [4.78, 5) is 13.6. The minimum absolute atomic E-state index is 0.118. The van der Waals surface area contributed by atoms with Gasteiger partial charge in [-0.3, -0.25) is 4.79 Å². The second kappa shape index (κ2) is 9.90. The molecular weight excluding hydrogens is 407 g/mol. The summed E-state index contributed by atoms with van der Waals surface area (Å²) in [5.41, 5.74) is 0.279. The highest BCUT2D eigenvalue weighted by Gasteiger charge is 2.34. The van der Waals surface area contributed by atoms with Crippen molar-refractivity contribution in [2.24, 2.45) is 17.8 Å². The third-order valence-electron chi connectivity index (χ3n) is 6.03. The van der Waals surface area contributed by atoms with Gasteiger partial charge < -0.3 is 5.32 Å². The summed E-state index contributed by atoms with van der Waals surface area (Å²) in [6.07, 6.45) is 4.87. The highest BCUT2D eigenvalue weighted by Crippen LogP contribution is 2.45. The van der Waals surface area contributed by atoms with Crippen LogP contribution in [0.5, 0.6) is 0 Å². The van der Waals surface area contributed by atoms with E-state index < -0.39 is 23.4 Å². The van der Waals surface area contributed by atoms with E-state index in [1.807, 2.05) is 30.0 Å². The first kappa shape index (κ1) is 22.7. The third kappa shape index (κ3) is 5.39. The number of hydrogen-bond donors (Lipinski definition) is 1. The van der Waals surface area contributed by atoms with Crippen LogP contribution in [0.1, 0.15) is 56.8 Å². The first-order valence-corrected chi connectivity index (χ1v) is 11.4. The van der Waals surface area contributed by atoms with Crippen molar-refractivity contribution in [3.8, 4) is 0 Å². The number of carbonyl (C=O) groups excluding carboxylic acids is 1. The maximum Gasteiger partial charge on any atom is 0.255 e. The number of thioether (sulfide) groups is 1. The monoisotopic (exact) mass is 435 g/mol. The molecule has 1 aliphatic carbocycles. The Bertz CT molecular complexity index is 881. The lowest BCUT2D eigenvalue weighted by Gasteiger charge is -2.25. The van der Waals surface area contributed by atoms with E-state index in [0.717, 1.165) is 17.0 Å². The molecule has 30 heavy (non-hydrogen) atoms. The van der Waals surface area contributed by atoms with Gasteiger partial charge in [-0.15, -0.1) is 11.8 Å². The highest BCUT2D eigenvalue weighted by atomic mass is 32.2. The van der Waals surface area contributed by atoms with Crippen LogP contribution in [0.15, 0.2) is 41.3 Å². The molecule has 1 amide bonds. The largest absolute Gasteiger partial charge is 0.322 e. The molecule has 0 bridgehead atoms. The number of carbonyl (C=O) groups is 1. The van der Waals surface area contributed by atoms with Crippen molar-refractivity contribution in [2.45, 2.75) is 56.6 Å². The maximum atomic E-state index is 13.4. The van der Waals surface area contributed by atoms with E-state index in [4.69, 9.17) is 0 Å². The highest BCUT2D eigenvalue weighted by molar-refractivity contribution is 8.00. The van der Waals surface area contributed by atoms with E-state index in [2.05, 4.69) is 26.1 Å². The molecule has 4 unspecified atom stereocenters. The molecule has 0 aromatic heterocycles. The van der Waals surface area contributed by atoms with Gasteiger partial charge in [0.25, 0.3) is 5.91 Å². The molecule has 0 heterocycles. The Morgan fingerprint density at radius 1 is 1.17 bits per heavy atom. The summed E-state index contributed by atoms with van der Waals surface area (Å²) in [5, 5.41) is 2.96. The van der Waals surface area contributed by atoms with Gasteiger partial charge in [0.2, 0.25) is 0 Å². The van der Waals surface area contributed by atoms with Crippen LogP contribution in [-0.2, 0) is 0 Å². The van der Waals surface area contributed by atoms with Crippen molar-refractivity contribution in [1.29, 1.82) is 0 Å². The van der Waals surface area contributed by atoms with Crippen molar-refractivity contribution in [3.63, 3.8) is 0 Å².